The van der Waals surface area contributed by atoms with Crippen LogP contribution >= 0.6 is 0 Å². The maximum absolute atomic E-state index is 7.59. The third-order valence-corrected chi connectivity index (χ3v) is 7.49. The Bertz CT molecular complexity index is 810. The number of hydrogen-bond acceptors (Lipinski definition) is 4. The third-order valence-electron chi connectivity index (χ3n) is 7.49. The van der Waals surface area contributed by atoms with Crippen LogP contribution in [0, 0.1) is 12.5 Å². The molecule has 3 aliphatic heterocycles. The molecule has 1 aromatic rings. The molecule has 5 nitrogen and oxygen atoms in total. The molecule has 0 amide bonds. The first-order valence-corrected chi connectivity index (χ1v) is 9.38. The Morgan fingerprint density at radius 3 is 2.88 bits per heavy atom. The van der Waals surface area contributed by atoms with Crippen LogP contribution in [-0.4, -0.2) is 49.6 Å². The molecule has 6 rings (SSSR count). The van der Waals surface area contributed by atoms with E-state index in [2.05, 4.69) is 22.9 Å². The Morgan fingerprint density at radius 1 is 1.24 bits per heavy atom. The second-order valence-electron chi connectivity index (χ2n) is 8.25. The van der Waals surface area contributed by atoms with E-state index in [9.17, 15) is 0 Å². The summed E-state index contributed by atoms with van der Waals surface area (Å²) in [5.41, 5.74) is 3.28. The molecule has 5 heteroatoms. The average Bonchev–Trinajstić information content (AvgIpc) is 3.23. The normalized spacial score (nSPS) is 39.8. The van der Waals surface area contributed by atoms with Gasteiger partial charge in [0.05, 0.1) is 19.8 Å². The highest BCUT2D eigenvalue weighted by atomic mass is 16.8. The molecular formula is C20H22N2O3. The van der Waals surface area contributed by atoms with E-state index in [0.29, 0.717) is 30.9 Å². The van der Waals surface area contributed by atoms with Crippen molar-refractivity contribution in [3.05, 3.63) is 34.7 Å². The highest BCUT2D eigenvalue weighted by Crippen LogP contribution is 2.66. The molecule has 1 saturated carbocycles. The van der Waals surface area contributed by atoms with E-state index in [1.807, 2.05) is 6.07 Å². The van der Waals surface area contributed by atoms with E-state index in [4.69, 9.17) is 20.8 Å². The Kier molecular flexibility index (Phi) is 2.65. The van der Waals surface area contributed by atoms with E-state index in [0.717, 1.165) is 38.0 Å². The van der Waals surface area contributed by atoms with Crippen LogP contribution in [0.15, 0.2) is 12.1 Å². The van der Waals surface area contributed by atoms with E-state index in [1.165, 1.54) is 11.1 Å². The highest BCUT2D eigenvalue weighted by molar-refractivity contribution is 5.69. The second kappa shape index (κ2) is 4.56. The van der Waals surface area contributed by atoms with Gasteiger partial charge < -0.3 is 19.1 Å². The van der Waals surface area contributed by atoms with Crippen LogP contribution in [-0.2, 0) is 21.3 Å². The summed E-state index contributed by atoms with van der Waals surface area (Å²) in [5, 5.41) is 0. The first-order valence-electron chi connectivity index (χ1n) is 9.38. The predicted molar refractivity (Wildman–Crippen MR) is 90.9 cm³/mol. The van der Waals surface area contributed by atoms with Crippen molar-refractivity contribution >= 4 is 5.69 Å². The van der Waals surface area contributed by atoms with Gasteiger partial charge in [-0.2, -0.15) is 0 Å². The van der Waals surface area contributed by atoms with Gasteiger partial charge in [0.15, 0.2) is 6.10 Å². The third kappa shape index (κ3) is 1.51. The van der Waals surface area contributed by atoms with Gasteiger partial charge in [0.25, 0.3) is 0 Å². The molecule has 2 spiro atoms. The summed E-state index contributed by atoms with van der Waals surface area (Å²) in [5.74, 6) is 0.763. The molecule has 0 aromatic heterocycles. The maximum atomic E-state index is 7.59. The summed E-state index contributed by atoms with van der Waals surface area (Å²) in [6, 6.07) is 4.66. The van der Waals surface area contributed by atoms with Gasteiger partial charge in [0, 0.05) is 17.9 Å². The summed E-state index contributed by atoms with van der Waals surface area (Å²) < 4.78 is 19.0. The lowest BCUT2D eigenvalue weighted by Crippen LogP contribution is -2.69. The minimum absolute atomic E-state index is 0.0522. The van der Waals surface area contributed by atoms with Gasteiger partial charge in [-0.1, -0.05) is 12.1 Å². The number of fused-ring (bicyclic) bond motifs is 1. The standard InChI is InChI=1S/C20H22N2O3/c1-21-14-4-3-12-11-15-13-5-6-20(23-9-10-24-20)18-19(13,7-8-22(15)2)16(12)17(14)25-18/h3-4,13,15,18H,5-11H2,2H3/t13-,15+,18+,19-/m0/s1. The van der Waals surface area contributed by atoms with E-state index in [1.54, 1.807) is 0 Å². The fourth-order valence-corrected chi connectivity index (χ4v) is 6.56. The zero-order valence-corrected chi connectivity index (χ0v) is 14.5. The van der Waals surface area contributed by atoms with Crippen molar-refractivity contribution in [2.75, 3.05) is 26.8 Å². The van der Waals surface area contributed by atoms with E-state index >= 15 is 0 Å². The summed E-state index contributed by atoms with van der Waals surface area (Å²) >= 11 is 0. The zero-order valence-electron chi connectivity index (χ0n) is 14.5. The van der Waals surface area contributed by atoms with Gasteiger partial charge in [-0.15, -0.1) is 0 Å². The monoisotopic (exact) mass is 338 g/mol. The lowest BCUT2D eigenvalue weighted by Gasteiger charge is -2.60. The predicted octanol–water partition coefficient (Wildman–Crippen LogP) is 2.65. The Hall–Kier alpha value is -1.61. The van der Waals surface area contributed by atoms with Crippen molar-refractivity contribution in [3.8, 4) is 5.75 Å². The van der Waals surface area contributed by atoms with Crippen LogP contribution in [0.25, 0.3) is 4.85 Å². The topological polar surface area (TPSA) is 35.3 Å². The van der Waals surface area contributed by atoms with Crippen molar-refractivity contribution < 1.29 is 14.2 Å². The highest BCUT2D eigenvalue weighted by Gasteiger charge is 2.70. The number of benzene rings is 1. The van der Waals surface area contributed by atoms with Gasteiger partial charge in [0.1, 0.15) is 5.75 Å². The van der Waals surface area contributed by atoms with Gasteiger partial charge in [0.2, 0.25) is 11.5 Å². The first-order chi connectivity index (χ1) is 12.2. The van der Waals surface area contributed by atoms with Crippen LogP contribution in [0.1, 0.15) is 30.4 Å². The quantitative estimate of drug-likeness (QED) is 0.681. The van der Waals surface area contributed by atoms with Crippen LogP contribution in [0.4, 0.5) is 5.69 Å². The molecule has 2 saturated heterocycles. The number of likely N-dealkylation sites (N-methyl/N-ethyl adjacent to an activating group) is 1. The molecule has 4 atom stereocenters. The molecule has 25 heavy (non-hydrogen) atoms. The first kappa shape index (κ1) is 14.5. The maximum Gasteiger partial charge on any atom is 0.228 e. The Morgan fingerprint density at radius 2 is 2.08 bits per heavy atom. The van der Waals surface area contributed by atoms with Crippen molar-refractivity contribution in [2.45, 2.75) is 49.0 Å². The molecule has 2 bridgehead atoms. The molecule has 0 radical (unpaired) electrons. The van der Waals surface area contributed by atoms with Crippen molar-refractivity contribution in [1.82, 2.24) is 4.90 Å². The Balaban J connectivity index is 1.64. The SMILES string of the molecule is [C-]#[N+]c1ccc2c3c1O[C@H]1C4(CC[C@H]5[C@@H](C2)N(C)CC[C@@]351)OCCO4. The van der Waals surface area contributed by atoms with Crippen molar-refractivity contribution in [3.63, 3.8) is 0 Å². The molecular weight excluding hydrogens is 316 g/mol. The lowest BCUT2D eigenvalue weighted by molar-refractivity contribution is -0.260. The van der Waals surface area contributed by atoms with Crippen LogP contribution in [0.2, 0.25) is 0 Å². The van der Waals surface area contributed by atoms with Gasteiger partial charge in [-0.3, -0.25) is 0 Å². The zero-order chi connectivity index (χ0) is 16.8. The largest absolute Gasteiger partial charge is 0.495 e. The second-order valence-corrected chi connectivity index (χ2v) is 8.25. The van der Waals surface area contributed by atoms with Crippen LogP contribution in [0.3, 0.4) is 0 Å². The van der Waals surface area contributed by atoms with E-state index < -0.39 is 5.79 Å². The number of rotatable bonds is 0. The van der Waals surface area contributed by atoms with E-state index in [-0.39, 0.29) is 11.5 Å². The average molecular weight is 338 g/mol. The number of likely N-dealkylation sites (tertiary alicyclic amines) is 1. The fourth-order valence-electron chi connectivity index (χ4n) is 6.56. The number of nitrogens with zero attached hydrogens (tertiary/aromatic N) is 2. The number of hydrogen-bond donors (Lipinski definition) is 0. The Labute approximate surface area is 147 Å². The van der Waals surface area contributed by atoms with Crippen molar-refractivity contribution in [2.24, 2.45) is 5.92 Å². The molecule has 0 N–H and O–H groups in total. The molecule has 3 fully saturated rings. The van der Waals surface area contributed by atoms with Crippen molar-refractivity contribution in [1.29, 1.82) is 0 Å². The molecule has 3 heterocycles. The molecule has 5 aliphatic rings. The molecule has 130 valence electrons. The van der Waals surface area contributed by atoms with Crippen LogP contribution < -0.4 is 4.74 Å². The molecule has 1 aromatic carbocycles. The molecule has 0 unspecified atom stereocenters. The smallest absolute Gasteiger partial charge is 0.228 e. The summed E-state index contributed by atoms with van der Waals surface area (Å²) in [6.45, 7) is 9.95. The summed E-state index contributed by atoms with van der Waals surface area (Å²) in [6.07, 6.45) is 4.01. The summed E-state index contributed by atoms with van der Waals surface area (Å²) in [4.78, 5) is 6.29. The lowest BCUT2D eigenvalue weighted by atomic mass is 9.50. The minimum Gasteiger partial charge on any atom is -0.495 e. The minimum atomic E-state index is -0.621. The number of piperidine rings is 1. The van der Waals surface area contributed by atoms with Gasteiger partial charge in [-0.05, 0) is 49.9 Å². The fraction of sp³-hybridized carbons (Fsp3) is 0.650. The summed E-state index contributed by atoms with van der Waals surface area (Å²) in [7, 11) is 2.26. The van der Waals surface area contributed by atoms with Gasteiger partial charge >= 0.3 is 0 Å². The van der Waals surface area contributed by atoms with Gasteiger partial charge in [-0.25, -0.2) is 4.85 Å². The molecule has 2 aliphatic carbocycles. The number of ether oxygens (including phenoxy) is 3. The van der Waals surface area contributed by atoms with Crippen LogP contribution in [0.5, 0.6) is 5.75 Å².